The van der Waals surface area contributed by atoms with Gasteiger partial charge in [-0.1, -0.05) is 0 Å². The van der Waals surface area contributed by atoms with Gasteiger partial charge in [-0.05, 0) is 12.1 Å². The minimum atomic E-state index is -4.98. The van der Waals surface area contributed by atoms with Gasteiger partial charge in [-0.3, -0.25) is 4.98 Å². The fourth-order valence-corrected chi connectivity index (χ4v) is 2.91. The number of carbonyl (C=O) groups is 1. The quantitative estimate of drug-likeness (QED) is 0.596. The number of methoxy groups -OCH3 is 1. The Kier molecular flexibility index (Phi) is 5.89. The molecule has 0 amide bonds. The molecule has 2 aromatic rings. The molecule has 1 aromatic carbocycles. The molecule has 0 fully saturated rings. The predicted octanol–water partition coefficient (Wildman–Crippen LogP) is 5.09. The van der Waals surface area contributed by atoms with Crippen molar-refractivity contribution < 1.29 is 50.5 Å². The lowest BCUT2D eigenvalue weighted by Crippen LogP contribution is -2.40. The zero-order chi connectivity index (χ0) is 23.7. The maximum Gasteiger partial charge on any atom is 0.573 e. The third-order valence-corrected chi connectivity index (χ3v) is 4.39. The summed E-state index contributed by atoms with van der Waals surface area (Å²) in [4.78, 5) is 15.1. The van der Waals surface area contributed by atoms with Gasteiger partial charge in [-0.2, -0.15) is 23.4 Å². The van der Waals surface area contributed by atoms with Crippen molar-refractivity contribution in [2.75, 3.05) is 13.7 Å². The van der Waals surface area contributed by atoms with Crippen molar-refractivity contribution >= 4 is 5.97 Å². The molecule has 1 unspecified atom stereocenters. The molecule has 172 valence electrons. The van der Waals surface area contributed by atoms with E-state index in [1.807, 2.05) is 0 Å². The number of carboxylic acids is 1. The van der Waals surface area contributed by atoms with E-state index in [0.717, 1.165) is 31.4 Å². The Bertz CT molecular complexity index is 1060. The van der Waals surface area contributed by atoms with E-state index in [-0.39, 0.29) is 18.0 Å². The molecule has 1 aliphatic heterocycles. The third-order valence-electron chi connectivity index (χ3n) is 4.39. The first-order valence-electron chi connectivity index (χ1n) is 8.67. The molecule has 14 heteroatoms. The summed E-state index contributed by atoms with van der Waals surface area (Å²) in [6.07, 6.45) is -9.73. The number of aromatic carboxylic acids is 1. The molecular weight excluding hydrogens is 452 g/mol. The molecular formula is C18H13F6N3O5. The van der Waals surface area contributed by atoms with Crippen LogP contribution in [0.4, 0.5) is 26.3 Å². The molecule has 0 bridgehead atoms. The van der Waals surface area contributed by atoms with Crippen molar-refractivity contribution in [1.29, 1.82) is 0 Å². The van der Waals surface area contributed by atoms with Gasteiger partial charge in [-0.15, -0.1) is 13.2 Å². The molecule has 0 spiro atoms. The highest BCUT2D eigenvalue weighted by molar-refractivity contribution is 5.90. The summed E-state index contributed by atoms with van der Waals surface area (Å²) in [6.45, 7) is -0.216. The Labute approximate surface area is 175 Å². The van der Waals surface area contributed by atoms with E-state index in [2.05, 4.69) is 19.9 Å². The number of hydrogen-bond acceptors (Lipinski definition) is 7. The van der Waals surface area contributed by atoms with E-state index in [1.54, 1.807) is 0 Å². The Morgan fingerprint density at radius 1 is 1.09 bits per heavy atom. The van der Waals surface area contributed by atoms with Gasteiger partial charge in [0.05, 0.1) is 19.3 Å². The number of benzene rings is 1. The van der Waals surface area contributed by atoms with Crippen LogP contribution >= 0.6 is 0 Å². The van der Waals surface area contributed by atoms with Crippen LogP contribution in [-0.4, -0.2) is 42.3 Å². The van der Waals surface area contributed by atoms with E-state index < -0.39 is 53.2 Å². The highest BCUT2D eigenvalue weighted by atomic mass is 19.4. The SMILES string of the molecule is COc1cc(OC(F)(F)F)ccc1Oc1cc(C2(C(F)(F)F)CCN=N2)ncc1C(=O)O. The normalized spacial score (nSPS) is 18.5. The molecule has 0 radical (unpaired) electrons. The fraction of sp³-hybridized carbons (Fsp3) is 0.333. The Hall–Kier alpha value is -3.58. The number of alkyl halides is 6. The summed E-state index contributed by atoms with van der Waals surface area (Å²) in [6, 6.07) is 3.39. The van der Waals surface area contributed by atoms with Crippen molar-refractivity contribution in [1.82, 2.24) is 4.98 Å². The van der Waals surface area contributed by atoms with E-state index in [0.29, 0.717) is 6.20 Å². The van der Waals surface area contributed by atoms with Crippen molar-refractivity contribution in [2.24, 2.45) is 10.2 Å². The summed E-state index contributed by atoms with van der Waals surface area (Å²) in [5.74, 6) is -3.36. The molecule has 32 heavy (non-hydrogen) atoms. The van der Waals surface area contributed by atoms with E-state index in [1.165, 1.54) is 0 Å². The maximum absolute atomic E-state index is 13.7. The minimum Gasteiger partial charge on any atom is -0.493 e. The highest BCUT2D eigenvalue weighted by Gasteiger charge is 2.59. The maximum atomic E-state index is 13.7. The fourth-order valence-electron chi connectivity index (χ4n) is 2.91. The second-order valence-electron chi connectivity index (χ2n) is 6.41. The average Bonchev–Trinajstić information content (AvgIpc) is 3.19. The zero-order valence-corrected chi connectivity index (χ0v) is 16.0. The number of ether oxygens (including phenoxy) is 3. The Morgan fingerprint density at radius 2 is 1.81 bits per heavy atom. The summed E-state index contributed by atoms with van der Waals surface area (Å²) in [5.41, 5.74) is -4.03. The van der Waals surface area contributed by atoms with Crippen LogP contribution in [0.15, 0.2) is 40.7 Å². The molecule has 3 rings (SSSR count). The van der Waals surface area contributed by atoms with Crippen molar-refractivity contribution in [3.8, 4) is 23.0 Å². The zero-order valence-electron chi connectivity index (χ0n) is 16.0. The minimum absolute atomic E-state index is 0.216. The number of rotatable bonds is 6. The number of pyridine rings is 1. The van der Waals surface area contributed by atoms with Crippen LogP contribution in [0.3, 0.4) is 0 Å². The van der Waals surface area contributed by atoms with Gasteiger partial charge in [0.2, 0.25) is 5.54 Å². The van der Waals surface area contributed by atoms with E-state index >= 15 is 0 Å². The van der Waals surface area contributed by atoms with Crippen molar-refractivity contribution in [3.63, 3.8) is 0 Å². The average molecular weight is 465 g/mol. The first-order chi connectivity index (χ1) is 14.9. The van der Waals surface area contributed by atoms with Crippen LogP contribution in [0.5, 0.6) is 23.0 Å². The summed E-state index contributed by atoms with van der Waals surface area (Å²) in [5, 5.41) is 16.1. The van der Waals surface area contributed by atoms with Gasteiger partial charge >= 0.3 is 18.5 Å². The first kappa shape index (κ1) is 23.1. The largest absolute Gasteiger partial charge is 0.573 e. The Balaban J connectivity index is 2.05. The van der Waals surface area contributed by atoms with Gasteiger partial charge < -0.3 is 19.3 Å². The monoisotopic (exact) mass is 465 g/mol. The third kappa shape index (κ3) is 4.53. The van der Waals surface area contributed by atoms with E-state index in [9.17, 15) is 36.2 Å². The van der Waals surface area contributed by atoms with Crippen LogP contribution in [0.25, 0.3) is 0 Å². The highest BCUT2D eigenvalue weighted by Crippen LogP contribution is 2.48. The number of aromatic nitrogens is 1. The molecule has 2 heterocycles. The van der Waals surface area contributed by atoms with E-state index in [4.69, 9.17) is 9.47 Å². The standard InChI is InChI=1S/C18H13F6N3O5/c1-30-13-6-9(32-18(22,23)24)2-3-11(13)31-12-7-14(25-8-10(12)15(28)29)16(17(19,20)21)4-5-26-27-16/h2-3,6-8H,4-5H2,1H3,(H,28,29). The van der Waals surface area contributed by atoms with Gasteiger partial charge in [0.15, 0.2) is 11.5 Å². The molecule has 1 aliphatic rings. The number of halogens is 6. The van der Waals surface area contributed by atoms with Crippen molar-refractivity contribution in [2.45, 2.75) is 24.5 Å². The molecule has 1 atom stereocenters. The smallest absolute Gasteiger partial charge is 0.493 e. The van der Waals surface area contributed by atoms with Crippen LogP contribution < -0.4 is 14.2 Å². The number of nitrogens with zero attached hydrogens (tertiary/aromatic N) is 3. The topological polar surface area (TPSA) is 103 Å². The van der Waals surface area contributed by atoms with Crippen LogP contribution in [0.1, 0.15) is 22.5 Å². The molecule has 0 saturated carbocycles. The molecule has 1 aromatic heterocycles. The van der Waals surface area contributed by atoms with Gasteiger partial charge in [-0.25, -0.2) is 4.79 Å². The lowest BCUT2D eigenvalue weighted by atomic mass is 9.91. The van der Waals surface area contributed by atoms with Crippen molar-refractivity contribution in [3.05, 3.63) is 41.7 Å². The molecule has 0 saturated heterocycles. The lowest BCUT2D eigenvalue weighted by molar-refractivity contribution is -0.274. The lowest BCUT2D eigenvalue weighted by Gasteiger charge is -2.27. The second-order valence-corrected chi connectivity index (χ2v) is 6.41. The van der Waals surface area contributed by atoms with Crippen LogP contribution in [-0.2, 0) is 5.54 Å². The Morgan fingerprint density at radius 3 is 2.34 bits per heavy atom. The molecule has 0 aliphatic carbocycles. The molecule has 8 nitrogen and oxygen atoms in total. The van der Waals surface area contributed by atoms with Gasteiger partial charge in [0, 0.05) is 24.8 Å². The van der Waals surface area contributed by atoms with Gasteiger partial charge in [0.1, 0.15) is 17.1 Å². The summed E-state index contributed by atoms with van der Waals surface area (Å²) >= 11 is 0. The second kappa shape index (κ2) is 8.16. The van der Waals surface area contributed by atoms with Gasteiger partial charge in [0.25, 0.3) is 0 Å². The number of carboxylic acid groups (broad SMARTS) is 1. The van der Waals surface area contributed by atoms with Crippen LogP contribution in [0.2, 0.25) is 0 Å². The summed E-state index contributed by atoms with van der Waals surface area (Å²) < 4.78 is 92.6. The van der Waals surface area contributed by atoms with Crippen LogP contribution in [0, 0.1) is 0 Å². The molecule has 1 N–H and O–H groups in total. The first-order valence-corrected chi connectivity index (χ1v) is 8.67. The summed E-state index contributed by atoms with van der Waals surface area (Å²) in [7, 11) is 1.09. The number of hydrogen-bond donors (Lipinski definition) is 1. The number of azo groups is 1. The predicted molar refractivity (Wildman–Crippen MR) is 93.0 cm³/mol.